The van der Waals surface area contributed by atoms with E-state index in [2.05, 4.69) is 31.9 Å². The Kier molecular flexibility index (Phi) is 2.90. The summed E-state index contributed by atoms with van der Waals surface area (Å²) in [6.45, 7) is 3.92. The van der Waals surface area contributed by atoms with Gasteiger partial charge in [-0.1, -0.05) is 22.0 Å². The van der Waals surface area contributed by atoms with Gasteiger partial charge in [-0.3, -0.25) is 0 Å². The number of aliphatic hydroxyl groups is 1. The molecule has 0 aromatic heterocycles. The van der Waals surface area contributed by atoms with E-state index in [4.69, 9.17) is 16.3 Å². The molecule has 2 bridgehead atoms. The van der Waals surface area contributed by atoms with Crippen LogP contribution < -0.4 is 0 Å². The van der Waals surface area contributed by atoms with Gasteiger partial charge in [0.1, 0.15) is 4.51 Å². The maximum atomic E-state index is 10.8. The van der Waals surface area contributed by atoms with Crippen molar-refractivity contribution >= 4 is 43.5 Å². The molecule has 1 heterocycles. The lowest BCUT2D eigenvalue weighted by Gasteiger charge is -2.52. The minimum atomic E-state index is -0.842. The SMILES string of the molecule is CC1(Cl)CC2O[C@]3(Br)C=C[C@](C)(O)C2(CC1Br)C3. The van der Waals surface area contributed by atoms with E-state index in [9.17, 15) is 5.11 Å². The predicted octanol–water partition coefficient (Wildman–Crippen LogP) is 3.73. The molecule has 2 fully saturated rings. The van der Waals surface area contributed by atoms with Crippen molar-refractivity contribution in [3.05, 3.63) is 12.2 Å². The second-order valence-corrected chi connectivity index (χ2v) is 9.67. The smallest absolute Gasteiger partial charge is 0.142 e. The van der Waals surface area contributed by atoms with E-state index in [-0.39, 0.29) is 21.2 Å². The molecule has 0 aromatic rings. The standard InChI is InChI=1S/C13H17Br2ClO2/c1-10(16)6-9-12(5-8(10)14)7-13(15,18-9)4-3-11(12,2)17/h3-4,8-9,17H,5-7H2,1-2H3/t8?,9?,10?,11-,12?,13+/m0/s1. The molecular weight excluding hydrogens is 383 g/mol. The highest BCUT2D eigenvalue weighted by Crippen LogP contribution is 2.65. The van der Waals surface area contributed by atoms with Crippen LogP contribution >= 0.6 is 43.5 Å². The molecule has 0 aromatic carbocycles. The van der Waals surface area contributed by atoms with Crippen LogP contribution in [0.2, 0.25) is 0 Å². The number of alkyl halides is 3. The van der Waals surface area contributed by atoms with Crippen LogP contribution in [0.4, 0.5) is 0 Å². The van der Waals surface area contributed by atoms with Crippen LogP contribution in [0.15, 0.2) is 12.2 Å². The molecule has 3 aliphatic rings. The Bertz CT molecular complexity index is 423. The van der Waals surface area contributed by atoms with Crippen LogP contribution in [0.1, 0.15) is 33.1 Å². The summed E-state index contributed by atoms with van der Waals surface area (Å²) < 4.78 is 5.73. The van der Waals surface area contributed by atoms with Gasteiger partial charge in [0.15, 0.2) is 0 Å². The zero-order valence-electron chi connectivity index (χ0n) is 10.4. The average molecular weight is 401 g/mol. The third-order valence-corrected chi connectivity index (χ3v) is 7.70. The fourth-order valence-electron chi connectivity index (χ4n) is 3.66. The van der Waals surface area contributed by atoms with Gasteiger partial charge >= 0.3 is 0 Å². The van der Waals surface area contributed by atoms with Crippen molar-refractivity contribution in [2.75, 3.05) is 0 Å². The van der Waals surface area contributed by atoms with E-state index in [1.165, 1.54) is 0 Å². The first-order valence-electron chi connectivity index (χ1n) is 6.23. The van der Waals surface area contributed by atoms with Crippen molar-refractivity contribution < 1.29 is 9.84 Å². The topological polar surface area (TPSA) is 29.5 Å². The molecule has 1 saturated carbocycles. The van der Waals surface area contributed by atoms with Gasteiger partial charge < -0.3 is 9.84 Å². The quantitative estimate of drug-likeness (QED) is 0.496. The molecule has 0 radical (unpaired) electrons. The maximum absolute atomic E-state index is 10.8. The highest BCUT2D eigenvalue weighted by molar-refractivity contribution is 9.10. The lowest BCUT2D eigenvalue weighted by molar-refractivity contribution is -0.0987. The predicted molar refractivity (Wildman–Crippen MR) is 79.6 cm³/mol. The first-order chi connectivity index (χ1) is 8.10. The Balaban J connectivity index is 2.07. The second-order valence-electron chi connectivity index (χ2n) is 6.36. The number of ether oxygens (including phenoxy) is 1. The van der Waals surface area contributed by atoms with Gasteiger partial charge in [0.25, 0.3) is 0 Å². The van der Waals surface area contributed by atoms with Crippen LogP contribution in [0.3, 0.4) is 0 Å². The fraction of sp³-hybridized carbons (Fsp3) is 0.846. The molecule has 1 spiro atoms. The summed E-state index contributed by atoms with van der Waals surface area (Å²) in [4.78, 5) is -0.147. The summed E-state index contributed by atoms with van der Waals surface area (Å²) in [5, 5.41) is 10.8. The lowest BCUT2D eigenvalue weighted by atomic mass is 9.57. The van der Waals surface area contributed by atoms with Gasteiger partial charge in [-0.05, 0) is 48.7 Å². The Morgan fingerprint density at radius 2 is 2.00 bits per heavy atom. The molecular formula is C13H17Br2ClO2. The highest BCUT2D eigenvalue weighted by Gasteiger charge is 2.67. The van der Waals surface area contributed by atoms with Crippen LogP contribution in [0.25, 0.3) is 0 Å². The van der Waals surface area contributed by atoms with Crippen molar-refractivity contribution in [2.45, 2.75) is 59.0 Å². The third kappa shape index (κ3) is 1.72. The van der Waals surface area contributed by atoms with E-state index < -0.39 is 10.1 Å². The minimum Gasteiger partial charge on any atom is -0.385 e. The van der Waals surface area contributed by atoms with Crippen molar-refractivity contribution in [3.8, 4) is 0 Å². The number of fused-ring (bicyclic) bond motifs is 1. The van der Waals surface area contributed by atoms with E-state index in [1.807, 2.05) is 26.0 Å². The number of rotatable bonds is 0. The fourth-order valence-corrected chi connectivity index (χ4v) is 5.50. The van der Waals surface area contributed by atoms with Crippen LogP contribution in [-0.2, 0) is 4.74 Å². The number of hydrogen-bond donors (Lipinski definition) is 1. The molecule has 1 saturated heterocycles. The van der Waals surface area contributed by atoms with Crippen LogP contribution in [0.5, 0.6) is 0 Å². The highest BCUT2D eigenvalue weighted by atomic mass is 79.9. The summed E-state index contributed by atoms with van der Waals surface area (Å²) in [5.74, 6) is 0. The summed E-state index contributed by atoms with van der Waals surface area (Å²) in [6, 6.07) is 0. The van der Waals surface area contributed by atoms with E-state index >= 15 is 0 Å². The zero-order chi connectivity index (χ0) is 13.4. The van der Waals surface area contributed by atoms with Crippen LogP contribution in [-0.4, -0.2) is 31.0 Å². The first kappa shape index (κ1) is 13.9. The molecule has 1 N–H and O–H groups in total. The minimum absolute atomic E-state index is 0.0156. The molecule has 1 aliphatic heterocycles. The van der Waals surface area contributed by atoms with Gasteiger partial charge in [-0.25, -0.2) is 0 Å². The lowest BCUT2D eigenvalue weighted by Crippen LogP contribution is -2.58. The van der Waals surface area contributed by atoms with Gasteiger partial charge in [0, 0.05) is 16.7 Å². The Morgan fingerprint density at radius 1 is 1.33 bits per heavy atom. The zero-order valence-corrected chi connectivity index (χ0v) is 14.3. The molecule has 2 aliphatic carbocycles. The molecule has 0 amide bonds. The summed E-state index contributed by atoms with van der Waals surface area (Å²) in [5.41, 5.74) is -1.10. The summed E-state index contributed by atoms with van der Waals surface area (Å²) >= 11 is 13.9. The Hall–Kier alpha value is 0.910. The molecule has 4 unspecified atom stereocenters. The number of hydrogen-bond acceptors (Lipinski definition) is 2. The molecule has 18 heavy (non-hydrogen) atoms. The van der Waals surface area contributed by atoms with Crippen molar-refractivity contribution in [1.29, 1.82) is 0 Å². The van der Waals surface area contributed by atoms with Crippen molar-refractivity contribution in [1.82, 2.24) is 0 Å². The van der Waals surface area contributed by atoms with E-state index in [0.29, 0.717) is 0 Å². The summed E-state index contributed by atoms with van der Waals surface area (Å²) in [7, 11) is 0. The molecule has 2 nitrogen and oxygen atoms in total. The van der Waals surface area contributed by atoms with E-state index in [0.717, 1.165) is 19.3 Å². The maximum Gasteiger partial charge on any atom is 0.142 e. The number of halogens is 3. The van der Waals surface area contributed by atoms with Crippen molar-refractivity contribution in [3.63, 3.8) is 0 Å². The Morgan fingerprint density at radius 3 is 2.67 bits per heavy atom. The molecule has 5 heteroatoms. The van der Waals surface area contributed by atoms with Gasteiger partial charge in [-0.2, -0.15) is 0 Å². The molecule has 3 rings (SSSR count). The Labute approximate surface area is 129 Å². The van der Waals surface area contributed by atoms with Gasteiger partial charge in [0.05, 0.1) is 16.6 Å². The largest absolute Gasteiger partial charge is 0.385 e. The monoisotopic (exact) mass is 398 g/mol. The van der Waals surface area contributed by atoms with E-state index in [1.54, 1.807) is 0 Å². The van der Waals surface area contributed by atoms with Crippen LogP contribution in [0, 0.1) is 5.41 Å². The molecule has 6 atom stereocenters. The van der Waals surface area contributed by atoms with Crippen molar-refractivity contribution in [2.24, 2.45) is 5.41 Å². The summed E-state index contributed by atoms with van der Waals surface area (Å²) in [6.07, 6.45) is 6.16. The third-order valence-electron chi connectivity index (χ3n) is 4.96. The van der Waals surface area contributed by atoms with Gasteiger partial charge in [-0.15, -0.1) is 11.6 Å². The average Bonchev–Trinajstić information content (AvgIpc) is 2.46. The normalized spacial score (nSPS) is 62.8. The first-order valence-corrected chi connectivity index (χ1v) is 8.31. The van der Waals surface area contributed by atoms with Gasteiger partial charge in [0.2, 0.25) is 0 Å². The second kappa shape index (κ2) is 3.76. The molecule has 102 valence electrons.